The number of anilines is 1. The molecule has 33 heavy (non-hydrogen) atoms. The minimum Gasteiger partial charge on any atom is -0.463 e. The van der Waals surface area contributed by atoms with Crippen molar-refractivity contribution >= 4 is 23.6 Å². The van der Waals surface area contributed by atoms with Crippen molar-refractivity contribution in [2.45, 2.75) is 72.6 Å². The minimum atomic E-state index is -0.394. The van der Waals surface area contributed by atoms with E-state index in [0.717, 1.165) is 41.0 Å². The number of nitrogens with one attached hydrogen (secondary N) is 1. The zero-order chi connectivity index (χ0) is 24.0. The fraction of sp³-hybridized carbons (Fsp3) is 0.519. The molecule has 178 valence electrons. The van der Waals surface area contributed by atoms with Crippen molar-refractivity contribution < 1.29 is 18.8 Å². The Bertz CT molecular complexity index is 1000. The molecule has 1 aromatic carbocycles. The number of nitrogens with zero attached hydrogens (tertiary/aromatic N) is 1. The Kier molecular flexibility index (Phi) is 8.48. The summed E-state index contributed by atoms with van der Waals surface area (Å²) < 4.78 is 10.8. The molecule has 1 heterocycles. The van der Waals surface area contributed by atoms with E-state index in [9.17, 15) is 9.59 Å². The minimum absolute atomic E-state index is 0.0764. The summed E-state index contributed by atoms with van der Waals surface area (Å²) in [6.07, 6.45) is 7.22. The Hall–Kier alpha value is -2.89. The molecule has 0 aliphatic heterocycles. The van der Waals surface area contributed by atoms with E-state index in [0.29, 0.717) is 36.5 Å². The topological polar surface area (TPSA) is 81.4 Å². The summed E-state index contributed by atoms with van der Waals surface area (Å²) in [5.41, 5.74) is 4.53. The van der Waals surface area contributed by atoms with Crippen molar-refractivity contribution in [3.05, 3.63) is 52.4 Å². The highest BCUT2D eigenvalue weighted by molar-refractivity contribution is 5.91. The lowest BCUT2D eigenvalue weighted by Gasteiger charge is -2.35. The van der Waals surface area contributed by atoms with Crippen molar-refractivity contribution in [3.63, 3.8) is 0 Å². The normalized spacial score (nSPS) is 17.9. The van der Waals surface area contributed by atoms with Crippen molar-refractivity contribution in [1.29, 1.82) is 0 Å². The van der Waals surface area contributed by atoms with Gasteiger partial charge in [-0.3, -0.25) is 4.79 Å². The number of aromatic nitrogens is 1. The average molecular weight is 453 g/mol. The van der Waals surface area contributed by atoms with Crippen LogP contribution in [-0.2, 0) is 20.7 Å². The second-order valence-electron chi connectivity index (χ2n) is 9.52. The number of hydrogen-bond acceptors (Lipinski definition) is 5. The summed E-state index contributed by atoms with van der Waals surface area (Å²) in [6.45, 7) is 10.6. The highest BCUT2D eigenvalue weighted by Crippen LogP contribution is 2.46. The number of amides is 1. The molecule has 1 saturated carbocycles. The zero-order valence-electron chi connectivity index (χ0n) is 20.4. The lowest BCUT2D eigenvalue weighted by molar-refractivity contribution is -0.137. The predicted octanol–water partition coefficient (Wildman–Crippen LogP) is 5.98. The van der Waals surface area contributed by atoms with E-state index >= 15 is 0 Å². The van der Waals surface area contributed by atoms with Crippen LogP contribution in [0.3, 0.4) is 0 Å². The van der Waals surface area contributed by atoms with Crippen LogP contribution in [0.2, 0.25) is 0 Å². The van der Waals surface area contributed by atoms with Gasteiger partial charge in [-0.15, -0.1) is 0 Å². The first-order valence-electron chi connectivity index (χ1n) is 12.0. The average Bonchev–Trinajstić information content (AvgIpc) is 3.11. The van der Waals surface area contributed by atoms with Crippen LogP contribution in [0.5, 0.6) is 0 Å². The van der Waals surface area contributed by atoms with Gasteiger partial charge in [0.1, 0.15) is 5.76 Å². The van der Waals surface area contributed by atoms with Crippen molar-refractivity contribution in [2.24, 2.45) is 11.8 Å². The molecule has 0 saturated heterocycles. The Labute approximate surface area is 196 Å². The van der Waals surface area contributed by atoms with Gasteiger partial charge in [0.25, 0.3) is 0 Å². The highest BCUT2D eigenvalue weighted by atomic mass is 16.5. The maximum atomic E-state index is 12.6. The number of esters is 1. The maximum absolute atomic E-state index is 12.6. The van der Waals surface area contributed by atoms with Gasteiger partial charge in [-0.2, -0.15) is 0 Å². The van der Waals surface area contributed by atoms with Crippen LogP contribution in [-0.4, -0.2) is 23.6 Å². The van der Waals surface area contributed by atoms with Gasteiger partial charge in [-0.25, -0.2) is 4.79 Å². The number of carbonyl (C=O) groups excluding carboxylic acids is 2. The third kappa shape index (κ3) is 6.80. The van der Waals surface area contributed by atoms with E-state index in [-0.39, 0.29) is 12.3 Å². The number of carbonyl (C=O) groups is 2. The summed E-state index contributed by atoms with van der Waals surface area (Å²) in [5.74, 6) is 2.04. The maximum Gasteiger partial charge on any atom is 0.330 e. The Morgan fingerprint density at radius 1 is 1.27 bits per heavy atom. The molecule has 2 aromatic rings. The van der Waals surface area contributed by atoms with Gasteiger partial charge in [0.2, 0.25) is 5.91 Å². The number of benzene rings is 1. The van der Waals surface area contributed by atoms with E-state index in [4.69, 9.17) is 9.26 Å². The molecule has 1 aliphatic carbocycles. The van der Waals surface area contributed by atoms with Crippen molar-refractivity contribution in [1.82, 2.24) is 5.16 Å². The van der Waals surface area contributed by atoms with Gasteiger partial charge in [-0.05, 0) is 69.6 Å². The van der Waals surface area contributed by atoms with Crippen LogP contribution < -0.4 is 5.32 Å². The SMILES string of the molecule is CCOC(=O)/C=C/c1c(CCC(=O)Nc2ccc(C)cc2C)noc1[C@H]1C[C@@H](CC(C)C)C1. The van der Waals surface area contributed by atoms with Crippen LogP contribution in [0.4, 0.5) is 5.69 Å². The molecule has 1 fully saturated rings. The summed E-state index contributed by atoms with van der Waals surface area (Å²) in [4.78, 5) is 24.5. The van der Waals surface area contributed by atoms with E-state index in [1.54, 1.807) is 13.0 Å². The quantitative estimate of drug-likeness (QED) is 0.354. The van der Waals surface area contributed by atoms with Gasteiger partial charge in [-0.1, -0.05) is 36.7 Å². The second kappa shape index (κ2) is 11.3. The molecule has 1 aromatic heterocycles. The third-order valence-electron chi connectivity index (χ3n) is 6.16. The Morgan fingerprint density at radius 3 is 2.70 bits per heavy atom. The van der Waals surface area contributed by atoms with E-state index in [2.05, 4.69) is 24.3 Å². The predicted molar refractivity (Wildman–Crippen MR) is 130 cm³/mol. The summed E-state index contributed by atoms with van der Waals surface area (Å²) in [5, 5.41) is 7.26. The summed E-state index contributed by atoms with van der Waals surface area (Å²) in [6, 6.07) is 5.95. The van der Waals surface area contributed by atoms with Crippen molar-refractivity contribution in [3.8, 4) is 0 Å². The molecule has 0 spiro atoms. The molecule has 1 aliphatic rings. The number of ether oxygens (including phenoxy) is 1. The van der Waals surface area contributed by atoms with E-state index in [1.807, 2.05) is 32.0 Å². The summed E-state index contributed by atoms with van der Waals surface area (Å²) in [7, 11) is 0. The van der Waals surface area contributed by atoms with Crippen LogP contribution >= 0.6 is 0 Å². The first-order chi connectivity index (χ1) is 15.8. The van der Waals surface area contributed by atoms with Crippen LogP contribution in [0, 0.1) is 25.7 Å². The van der Waals surface area contributed by atoms with Crippen molar-refractivity contribution in [2.75, 3.05) is 11.9 Å². The van der Waals surface area contributed by atoms with E-state index < -0.39 is 5.97 Å². The molecule has 0 bridgehead atoms. The highest BCUT2D eigenvalue weighted by Gasteiger charge is 2.35. The molecule has 3 rings (SSSR count). The third-order valence-corrected chi connectivity index (χ3v) is 6.16. The van der Waals surface area contributed by atoms with Gasteiger partial charge in [0.15, 0.2) is 0 Å². The molecule has 0 radical (unpaired) electrons. The number of hydrogen-bond donors (Lipinski definition) is 1. The molecular formula is C27H36N2O4. The van der Waals surface area contributed by atoms with Gasteiger partial charge < -0.3 is 14.6 Å². The standard InChI is InChI=1S/C27H36N2O4/c1-6-32-26(31)12-8-22-24(29-33-27(22)21-15-20(16-21)13-17(2)3)10-11-25(30)28-23-9-7-18(4)14-19(23)5/h7-9,12,14,17,20-21H,6,10-11,13,15-16H2,1-5H3,(H,28,30)/b12-8+/t20-,21+. The molecular weight excluding hydrogens is 416 g/mol. The molecule has 0 unspecified atom stereocenters. The largest absolute Gasteiger partial charge is 0.463 e. The van der Waals surface area contributed by atoms with Gasteiger partial charge >= 0.3 is 5.97 Å². The second-order valence-corrected chi connectivity index (χ2v) is 9.52. The Morgan fingerprint density at radius 2 is 2.03 bits per heavy atom. The van der Waals surface area contributed by atoms with Crippen LogP contribution in [0.1, 0.15) is 80.5 Å². The first kappa shape index (κ1) is 24.7. The lowest BCUT2D eigenvalue weighted by Crippen LogP contribution is -2.23. The van der Waals surface area contributed by atoms with Gasteiger partial charge in [0.05, 0.1) is 12.3 Å². The molecule has 6 nitrogen and oxygen atoms in total. The fourth-order valence-electron chi connectivity index (χ4n) is 4.55. The van der Waals surface area contributed by atoms with Crippen LogP contribution in [0.25, 0.3) is 6.08 Å². The van der Waals surface area contributed by atoms with Gasteiger partial charge in [0, 0.05) is 36.1 Å². The number of rotatable bonds is 10. The fourth-order valence-corrected chi connectivity index (χ4v) is 4.55. The summed E-state index contributed by atoms with van der Waals surface area (Å²) >= 11 is 0. The lowest BCUT2D eigenvalue weighted by atomic mass is 9.69. The molecule has 1 amide bonds. The first-order valence-corrected chi connectivity index (χ1v) is 12.0. The van der Waals surface area contributed by atoms with Crippen LogP contribution in [0.15, 0.2) is 28.8 Å². The Balaban J connectivity index is 1.69. The number of aryl methyl sites for hydroxylation is 3. The smallest absolute Gasteiger partial charge is 0.330 e. The van der Waals surface area contributed by atoms with E-state index in [1.165, 1.54) is 12.5 Å². The zero-order valence-corrected chi connectivity index (χ0v) is 20.4. The monoisotopic (exact) mass is 452 g/mol. The molecule has 6 heteroatoms. The molecule has 1 N–H and O–H groups in total. The molecule has 0 atom stereocenters.